The number of hydrogen-bond donors (Lipinski definition) is 0. The number of hydrogen-bond acceptors (Lipinski definition) is 0. The summed E-state index contributed by atoms with van der Waals surface area (Å²) in [7, 11) is -0.442. The van der Waals surface area contributed by atoms with E-state index in [-0.39, 0.29) is 0 Å². The van der Waals surface area contributed by atoms with Crippen LogP contribution in [0.1, 0.15) is 33.6 Å². The highest BCUT2D eigenvalue weighted by Crippen LogP contribution is 2.54. The Kier molecular flexibility index (Phi) is 2.69. The molecular weight excluding hydrogens is 184 g/mol. The van der Waals surface area contributed by atoms with Gasteiger partial charge in [0, 0.05) is 8.80 Å². The van der Waals surface area contributed by atoms with Crippen LogP contribution in [0.4, 0.5) is 0 Å². The Morgan fingerprint density at radius 3 is 2.71 bits per heavy atom. The molecule has 0 amide bonds. The Hall–Kier alpha value is -0.303. The van der Waals surface area contributed by atoms with E-state index in [1.54, 1.807) is 17.7 Å². The third kappa shape index (κ3) is 1.33. The molecule has 14 heavy (non-hydrogen) atoms. The summed E-state index contributed by atoms with van der Waals surface area (Å²) >= 11 is 0. The van der Waals surface area contributed by atoms with E-state index in [4.69, 9.17) is 0 Å². The number of allylic oxidation sites excluding steroid dienone is 4. The Bertz CT molecular complexity index is 273. The van der Waals surface area contributed by atoms with Crippen molar-refractivity contribution in [1.29, 1.82) is 0 Å². The predicted octanol–water partition coefficient (Wildman–Crippen LogP) is 3.92. The van der Waals surface area contributed by atoms with Gasteiger partial charge in [0.05, 0.1) is 0 Å². The zero-order chi connectivity index (χ0) is 10.2. The average Bonchev–Trinajstić information content (AvgIpc) is 2.10. The molecule has 2 rings (SSSR count). The molecule has 1 saturated heterocycles. The highest BCUT2D eigenvalue weighted by atomic mass is 28.3. The first-order chi connectivity index (χ1) is 6.70. The standard InChI is InChI=1S/C13H22Si/c1-4-13(14-9-6-10-14)8-5-7-11(2)12(13)3/h5,7-8,12,14H,4,6,9-10H2,1-3H3. The van der Waals surface area contributed by atoms with Gasteiger partial charge in [0.15, 0.2) is 0 Å². The van der Waals surface area contributed by atoms with Gasteiger partial charge in [-0.15, -0.1) is 0 Å². The molecular formula is C13H22Si. The summed E-state index contributed by atoms with van der Waals surface area (Å²) in [5, 5.41) is 0.636. The molecule has 0 N–H and O–H groups in total. The van der Waals surface area contributed by atoms with Gasteiger partial charge >= 0.3 is 0 Å². The minimum absolute atomic E-state index is 0.442. The van der Waals surface area contributed by atoms with Gasteiger partial charge in [-0.2, -0.15) is 0 Å². The Labute approximate surface area is 89.7 Å². The third-order valence-electron chi connectivity index (χ3n) is 4.73. The fourth-order valence-electron chi connectivity index (χ4n) is 3.24. The first-order valence-electron chi connectivity index (χ1n) is 6.06. The molecule has 0 radical (unpaired) electrons. The second kappa shape index (κ2) is 3.69. The largest absolute Gasteiger partial charge is 0.0808 e. The monoisotopic (exact) mass is 206 g/mol. The summed E-state index contributed by atoms with van der Waals surface area (Å²) < 4.78 is 0. The fraction of sp³-hybridized carbons (Fsp3) is 0.692. The normalized spacial score (nSPS) is 37.9. The zero-order valence-electron chi connectivity index (χ0n) is 9.72. The van der Waals surface area contributed by atoms with E-state index in [0.717, 1.165) is 5.92 Å². The van der Waals surface area contributed by atoms with Gasteiger partial charge in [0.25, 0.3) is 0 Å². The van der Waals surface area contributed by atoms with Crippen LogP contribution in [-0.2, 0) is 0 Å². The molecule has 0 aromatic rings. The second-order valence-electron chi connectivity index (χ2n) is 5.09. The molecule has 0 nitrogen and oxygen atoms in total. The molecule has 2 unspecified atom stereocenters. The quantitative estimate of drug-likeness (QED) is 0.601. The molecule has 0 aromatic heterocycles. The number of rotatable bonds is 2. The van der Waals surface area contributed by atoms with Crippen molar-refractivity contribution in [3.05, 3.63) is 23.8 Å². The lowest BCUT2D eigenvalue weighted by Gasteiger charge is -2.48. The van der Waals surface area contributed by atoms with E-state index in [0.29, 0.717) is 5.04 Å². The van der Waals surface area contributed by atoms with Gasteiger partial charge in [-0.05, 0) is 24.3 Å². The molecule has 1 heteroatoms. The maximum atomic E-state index is 2.56. The van der Waals surface area contributed by atoms with Gasteiger partial charge in [-0.3, -0.25) is 0 Å². The minimum atomic E-state index is -0.442. The molecule has 0 saturated carbocycles. The van der Waals surface area contributed by atoms with Crippen molar-refractivity contribution in [2.75, 3.05) is 0 Å². The Morgan fingerprint density at radius 2 is 2.21 bits per heavy atom. The van der Waals surface area contributed by atoms with Crippen molar-refractivity contribution in [2.45, 2.75) is 50.7 Å². The molecule has 0 spiro atoms. The lowest BCUT2D eigenvalue weighted by Crippen LogP contribution is -2.41. The van der Waals surface area contributed by atoms with Crippen LogP contribution in [0.25, 0.3) is 0 Å². The van der Waals surface area contributed by atoms with Crippen LogP contribution < -0.4 is 0 Å². The van der Waals surface area contributed by atoms with Crippen molar-refractivity contribution in [1.82, 2.24) is 0 Å². The van der Waals surface area contributed by atoms with E-state index < -0.39 is 8.80 Å². The van der Waals surface area contributed by atoms with Crippen LogP contribution >= 0.6 is 0 Å². The van der Waals surface area contributed by atoms with Gasteiger partial charge in [-0.25, -0.2) is 0 Å². The van der Waals surface area contributed by atoms with Crippen molar-refractivity contribution in [2.24, 2.45) is 5.92 Å². The molecule has 2 aliphatic rings. The molecule has 1 fully saturated rings. The first kappa shape index (κ1) is 10.2. The highest BCUT2D eigenvalue weighted by Gasteiger charge is 2.44. The van der Waals surface area contributed by atoms with E-state index >= 15 is 0 Å². The maximum Gasteiger partial charge on any atom is 0.0487 e. The van der Waals surface area contributed by atoms with E-state index in [1.807, 2.05) is 0 Å². The Morgan fingerprint density at radius 1 is 1.50 bits per heavy atom. The Balaban J connectivity index is 2.27. The van der Waals surface area contributed by atoms with Gasteiger partial charge < -0.3 is 0 Å². The molecule has 0 bridgehead atoms. The summed E-state index contributed by atoms with van der Waals surface area (Å²) in [5.41, 5.74) is 1.61. The topological polar surface area (TPSA) is 0 Å². The van der Waals surface area contributed by atoms with Crippen LogP contribution in [0.3, 0.4) is 0 Å². The lowest BCUT2D eigenvalue weighted by molar-refractivity contribution is 0.465. The summed E-state index contributed by atoms with van der Waals surface area (Å²) in [6.45, 7) is 7.15. The van der Waals surface area contributed by atoms with Crippen molar-refractivity contribution in [3.8, 4) is 0 Å². The van der Waals surface area contributed by atoms with Crippen LogP contribution in [0.15, 0.2) is 23.8 Å². The SMILES string of the molecule is CCC1([SiH]2CCC2)C=CC=C(C)C1C. The van der Waals surface area contributed by atoms with Crippen LogP contribution in [0, 0.1) is 5.92 Å². The smallest absolute Gasteiger partial charge is 0.0487 e. The summed E-state index contributed by atoms with van der Waals surface area (Å²) in [6, 6.07) is 3.19. The average molecular weight is 206 g/mol. The second-order valence-corrected chi connectivity index (χ2v) is 8.71. The summed E-state index contributed by atoms with van der Waals surface area (Å²) in [5.74, 6) is 0.814. The first-order valence-corrected chi connectivity index (χ1v) is 8.27. The van der Waals surface area contributed by atoms with E-state index in [9.17, 15) is 0 Å². The molecule has 78 valence electrons. The summed E-state index contributed by atoms with van der Waals surface area (Å²) in [6.07, 6.45) is 10.1. The fourth-order valence-corrected chi connectivity index (χ4v) is 7.06. The van der Waals surface area contributed by atoms with Crippen molar-refractivity contribution >= 4 is 8.80 Å². The van der Waals surface area contributed by atoms with Crippen molar-refractivity contribution < 1.29 is 0 Å². The molecule has 0 aromatic carbocycles. The third-order valence-corrected chi connectivity index (χ3v) is 9.56. The van der Waals surface area contributed by atoms with Gasteiger partial charge in [0.1, 0.15) is 0 Å². The summed E-state index contributed by atoms with van der Waals surface area (Å²) in [4.78, 5) is 0. The van der Waals surface area contributed by atoms with Crippen LogP contribution in [0.2, 0.25) is 17.1 Å². The molecule has 1 aliphatic carbocycles. The zero-order valence-corrected chi connectivity index (χ0v) is 10.9. The predicted molar refractivity (Wildman–Crippen MR) is 66.4 cm³/mol. The van der Waals surface area contributed by atoms with Crippen LogP contribution in [-0.4, -0.2) is 8.80 Å². The minimum Gasteiger partial charge on any atom is -0.0808 e. The highest BCUT2D eigenvalue weighted by molar-refractivity contribution is 6.66. The van der Waals surface area contributed by atoms with Crippen LogP contribution in [0.5, 0.6) is 0 Å². The van der Waals surface area contributed by atoms with Gasteiger partial charge in [0.2, 0.25) is 0 Å². The molecule has 1 aliphatic heterocycles. The lowest BCUT2D eigenvalue weighted by atomic mass is 9.81. The maximum absolute atomic E-state index is 2.56. The molecule has 1 heterocycles. The molecule has 2 atom stereocenters. The van der Waals surface area contributed by atoms with E-state index in [1.165, 1.54) is 12.8 Å². The van der Waals surface area contributed by atoms with E-state index in [2.05, 4.69) is 39.0 Å². The van der Waals surface area contributed by atoms with Crippen molar-refractivity contribution in [3.63, 3.8) is 0 Å². The van der Waals surface area contributed by atoms with Gasteiger partial charge in [-0.1, -0.05) is 56.2 Å².